The monoisotopic (exact) mass is 543 g/mol. The molecule has 0 atom stereocenters. The van der Waals surface area contributed by atoms with E-state index in [0.717, 1.165) is 28.6 Å². The van der Waals surface area contributed by atoms with Gasteiger partial charge < -0.3 is 23.4 Å². The molecule has 4 heterocycles. The molecule has 0 amide bonds. The maximum atomic E-state index is 6.28. The smallest absolute Gasteiger partial charge is 0.294 e. The fraction of sp³-hybridized carbons (Fsp3) is 0.214. The number of fused-ring (bicyclic) bond motifs is 2. The van der Waals surface area contributed by atoms with Gasteiger partial charge in [0, 0.05) is 17.7 Å². The Hall–Kier alpha value is -4.64. The minimum absolute atomic E-state index is 0.339. The van der Waals surface area contributed by atoms with Gasteiger partial charge in [0.25, 0.3) is 5.19 Å². The molecule has 0 aliphatic rings. The molecule has 198 valence electrons. The van der Waals surface area contributed by atoms with Crippen molar-refractivity contribution in [2.45, 2.75) is 20.0 Å². The van der Waals surface area contributed by atoms with Crippen LogP contribution in [0.3, 0.4) is 0 Å². The zero-order valence-electron chi connectivity index (χ0n) is 21.6. The predicted octanol–water partition coefficient (Wildman–Crippen LogP) is 6.05. The van der Waals surface area contributed by atoms with Crippen LogP contribution >= 0.6 is 11.3 Å². The molecule has 39 heavy (non-hydrogen) atoms. The van der Waals surface area contributed by atoms with Gasteiger partial charge in [0.2, 0.25) is 10.8 Å². The summed E-state index contributed by atoms with van der Waals surface area (Å²) < 4.78 is 30.3. The van der Waals surface area contributed by atoms with E-state index in [4.69, 9.17) is 23.4 Å². The van der Waals surface area contributed by atoms with E-state index in [1.165, 1.54) is 11.3 Å². The van der Waals surface area contributed by atoms with Gasteiger partial charge in [-0.2, -0.15) is 0 Å². The summed E-state index contributed by atoms with van der Waals surface area (Å²) >= 11 is 1.36. The first-order chi connectivity index (χ1) is 19.1. The minimum Gasteiger partial charge on any atom is -0.496 e. The van der Waals surface area contributed by atoms with E-state index in [1.807, 2.05) is 42.5 Å². The first-order valence-electron chi connectivity index (χ1n) is 12.3. The Morgan fingerprint density at radius 1 is 0.974 bits per heavy atom. The van der Waals surface area contributed by atoms with Gasteiger partial charge in [-0.25, -0.2) is 19.5 Å². The van der Waals surface area contributed by atoms with Gasteiger partial charge in [-0.1, -0.05) is 25.1 Å². The Kier molecular flexibility index (Phi) is 6.72. The van der Waals surface area contributed by atoms with Crippen molar-refractivity contribution in [3.05, 3.63) is 66.6 Å². The largest absolute Gasteiger partial charge is 0.496 e. The number of hydrogen-bond acceptors (Lipinski definition) is 10. The van der Waals surface area contributed by atoms with Crippen molar-refractivity contribution < 1.29 is 23.4 Å². The van der Waals surface area contributed by atoms with Crippen LogP contribution in [0.5, 0.6) is 22.6 Å². The average molecular weight is 544 g/mol. The molecule has 0 N–H and O–H groups in total. The van der Waals surface area contributed by atoms with Crippen molar-refractivity contribution in [2.24, 2.45) is 0 Å². The molecule has 0 spiro atoms. The lowest BCUT2D eigenvalue weighted by Gasteiger charge is -2.10. The standard InChI is InChI=1S/C28H25N5O5S/c1-4-8-36-26-14-29-21(13-30-26)18-7-5-6-17(9-18)16-37-23-10-19(34-2)11-24-20(23)12-25(38-24)22-15-33-27(31-22)39-28(32-33)35-3/h5-7,9-15H,4,8,16H2,1-3H3. The highest BCUT2D eigenvalue weighted by Gasteiger charge is 2.17. The Morgan fingerprint density at radius 3 is 2.67 bits per heavy atom. The number of hydrogen-bond donors (Lipinski definition) is 0. The minimum atomic E-state index is 0.339. The number of rotatable bonds is 10. The molecule has 0 aliphatic heterocycles. The van der Waals surface area contributed by atoms with Crippen LogP contribution in [0.1, 0.15) is 18.9 Å². The van der Waals surface area contributed by atoms with Gasteiger partial charge in [0.1, 0.15) is 29.4 Å². The van der Waals surface area contributed by atoms with Crippen LogP contribution in [0.25, 0.3) is 38.6 Å². The number of imidazole rings is 1. The van der Waals surface area contributed by atoms with Crippen LogP contribution in [0.4, 0.5) is 0 Å². The third-order valence-electron chi connectivity index (χ3n) is 5.96. The summed E-state index contributed by atoms with van der Waals surface area (Å²) in [6, 6.07) is 13.6. The van der Waals surface area contributed by atoms with E-state index in [-0.39, 0.29) is 0 Å². The van der Waals surface area contributed by atoms with Crippen molar-refractivity contribution in [3.8, 4) is 45.3 Å². The fourth-order valence-corrected chi connectivity index (χ4v) is 4.76. The number of ether oxygens (including phenoxy) is 4. The Labute approximate surface area is 227 Å². The molecular weight excluding hydrogens is 518 g/mol. The van der Waals surface area contributed by atoms with Crippen LogP contribution in [-0.4, -0.2) is 45.4 Å². The quantitative estimate of drug-likeness (QED) is 0.204. The van der Waals surface area contributed by atoms with E-state index in [2.05, 4.69) is 27.0 Å². The summed E-state index contributed by atoms with van der Waals surface area (Å²) in [6.45, 7) is 3.00. The zero-order chi connectivity index (χ0) is 26.8. The molecular formula is C28H25N5O5S. The van der Waals surface area contributed by atoms with Crippen molar-refractivity contribution in [1.82, 2.24) is 24.6 Å². The first kappa shape index (κ1) is 24.7. The number of benzene rings is 2. The molecule has 0 aliphatic carbocycles. The SMILES string of the molecule is CCCOc1cnc(-c2cccc(COc3cc(OC)cc4oc(-c5cn6nc(OC)sc6n5)cc34)c2)cn1. The van der Waals surface area contributed by atoms with E-state index < -0.39 is 0 Å². The topological polar surface area (TPSA) is 106 Å². The highest BCUT2D eigenvalue weighted by atomic mass is 32.1. The summed E-state index contributed by atoms with van der Waals surface area (Å²) in [7, 11) is 3.19. The van der Waals surface area contributed by atoms with E-state index in [0.29, 0.717) is 57.8 Å². The predicted molar refractivity (Wildman–Crippen MR) is 147 cm³/mol. The van der Waals surface area contributed by atoms with Crippen LogP contribution in [0.15, 0.2) is 65.5 Å². The Bertz CT molecular complexity index is 1710. The Morgan fingerprint density at radius 2 is 1.90 bits per heavy atom. The molecule has 0 saturated heterocycles. The van der Waals surface area contributed by atoms with Gasteiger partial charge in [-0.05, 0) is 35.5 Å². The van der Waals surface area contributed by atoms with Gasteiger partial charge in [0.15, 0.2) is 5.76 Å². The second kappa shape index (κ2) is 10.6. The normalized spacial score (nSPS) is 11.3. The lowest BCUT2D eigenvalue weighted by Crippen LogP contribution is -1.99. The zero-order valence-corrected chi connectivity index (χ0v) is 22.4. The average Bonchev–Trinajstić information content (AvgIpc) is 3.68. The van der Waals surface area contributed by atoms with Gasteiger partial charge in [0.05, 0.1) is 50.5 Å². The number of furan rings is 1. The van der Waals surface area contributed by atoms with E-state index in [9.17, 15) is 0 Å². The van der Waals surface area contributed by atoms with E-state index >= 15 is 0 Å². The summed E-state index contributed by atoms with van der Waals surface area (Å²) in [4.78, 5) is 14.2. The highest BCUT2D eigenvalue weighted by Crippen LogP contribution is 2.37. The molecule has 0 unspecified atom stereocenters. The molecule has 4 aromatic heterocycles. The molecule has 0 radical (unpaired) electrons. The van der Waals surface area contributed by atoms with Crippen molar-refractivity contribution >= 4 is 27.3 Å². The highest BCUT2D eigenvalue weighted by molar-refractivity contribution is 7.18. The molecule has 6 rings (SSSR count). The van der Waals surface area contributed by atoms with Gasteiger partial charge in [-0.15, -0.1) is 5.10 Å². The van der Waals surface area contributed by atoms with Crippen molar-refractivity contribution in [2.75, 3.05) is 20.8 Å². The summed E-state index contributed by atoms with van der Waals surface area (Å²) in [5.41, 5.74) is 3.98. The second-order valence-electron chi connectivity index (χ2n) is 8.65. The number of aromatic nitrogens is 5. The molecule has 0 fully saturated rings. The lowest BCUT2D eigenvalue weighted by molar-refractivity contribution is 0.304. The number of methoxy groups -OCH3 is 2. The maximum Gasteiger partial charge on any atom is 0.294 e. The first-order valence-corrected chi connectivity index (χ1v) is 13.1. The van der Waals surface area contributed by atoms with Crippen LogP contribution in [0.2, 0.25) is 0 Å². The lowest BCUT2D eigenvalue weighted by atomic mass is 10.1. The molecule has 11 heteroatoms. The van der Waals surface area contributed by atoms with Crippen LogP contribution in [-0.2, 0) is 6.61 Å². The third-order valence-corrected chi connectivity index (χ3v) is 6.84. The maximum absolute atomic E-state index is 6.28. The number of nitrogens with zero attached hydrogens (tertiary/aromatic N) is 5. The summed E-state index contributed by atoms with van der Waals surface area (Å²) in [5.74, 6) is 2.40. The van der Waals surface area contributed by atoms with Gasteiger partial charge >= 0.3 is 0 Å². The summed E-state index contributed by atoms with van der Waals surface area (Å²) in [6.07, 6.45) is 6.09. The Balaban J connectivity index is 1.24. The second-order valence-corrected chi connectivity index (χ2v) is 9.57. The van der Waals surface area contributed by atoms with Crippen molar-refractivity contribution in [3.63, 3.8) is 0 Å². The fourth-order valence-electron chi connectivity index (χ4n) is 4.06. The van der Waals surface area contributed by atoms with Crippen LogP contribution < -0.4 is 18.9 Å². The summed E-state index contributed by atoms with van der Waals surface area (Å²) in [5, 5.41) is 5.70. The molecule has 0 saturated carbocycles. The molecule has 2 aromatic carbocycles. The molecule has 6 aromatic rings. The van der Waals surface area contributed by atoms with Crippen LogP contribution in [0, 0.1) is 0 Å². The van der Waals surface area contributed by atoms with Crippen molar-refractivity contribution in [1.29, 1.82) is 0 Å². The van der Waals surface area contributed by atoms with E-state index in [1.54, 1.807) is 37.3 Å². The molecule has 10 nitrogen and oxygen atoms in total. The third kappa shape index (κ3) is 5.08. The molecule has 0 bridgehead atoms. The van der Waals surface area contributed by atoms with Gasteiger partial charge in [-0.3, -0.25) is 0 Å².